The van der Waals surface area contributed by atoms with Crippen LogP contribution >= 0.6 is 0 Å². The van der Waals surface area contributed by atoms with Crippen molar-refractivity contribution in [2.24, 2.45) is 5.92 Å². The van der Waals surface area contributed by atoms with Gasteiger partial charge in [0.25, 0.3) is 0 Å². The lowest BCUT2D eigenvalue weighted by molar-refractivity contribution is -0.137. The fourth-order valence-corrected chi connectivity index (χ4v) is 2.52. The van der Waals surface area contributed by atoms with Crippen molar-refractivity contribution in [2.75, 3.05) is 11.9 Å². The van der Waals surface area contributed by atoms with Gasteiger partial charge in [-0.25, -0.2) is 9.37 Å². The summed E-state index contributed by atoms with van der Waals surface area (Å²) < 4.78 is 56.5. The number of ether oxygens (including phenoxy) is 1. The van der Waals surface area contributed by atoms with Crippen molar-refractivity contribution >= 4 is 17.5 Å². The van der Waals surface area contributed by atoms with Crippen molar-refractivity contribution in [3.05, 3.63) is 53.0 Å². The Kier molecular flexibility index (Phi) is 7.53. The summed E-state index contributed by atoms with van der Waals surface area (Å²) in [5.74, 6) is -1.84. The predicted octanol–water partition coefficient (Wildman–Crippen LogP) is 5.18. The lowest BCUT2D eigenvalue weighted by Gasteiger charge is -2.11. The number of carbonyl (C=O) groups excluding carboxylic acids is 2. The number of nitrogens with zero attached hydrogens (tertiary/aromatic N) is 1. The van der Waals surface area contributed by atoms with Gasteiger partial charge >= 0.3 is 6.18 Å². The fourth-order valence-electron chi connectivity index (χ4n) is 2.52. The van der Waals surface area contributed by atoms with E-state index in [1.54, 1.807) is 26.8 Å². The first kappa shape index (κ1) is 23.3. The van der Waals surface area contributed by atoms with Gasteiger partial charge in [0.05, 0.1) is 12.2 Å². The topological polar surface area (TPSA) is 68.3 Å². The molecule has 0 saturated carbocycles. The number of nitrogens with one attached hydrogen (secondary N) is 1. The van der Waals surface area contributed by atoms with Crippen LogP contribution in [0, 0.1) is 18.7 Å². The highest BCUT2D eigenvalue weighted by Gasteiger charge is 2.31. The molecule has 162 valence electrons. The van der Waals surface area contributed by atoms with Crippen LogP contribution < -0.4 is 10.1 Å². The Balaban J connectivity index is 1.92. The van der Waals surface area contributed by atoms with Crippen LogP contribution in [0.1, 0.15) is 48.3 Å². The van der Waals surface area contributed by atoms with Crippen LogP contribution in [0.25, 0.3) is 0 Å². The van der Waals surface area contributed by atoms with E-state index in [-0.39, 0.29) is 48.6 Å². The molecular weight excluding hydrogens is 404 g/mol. The van der Waals surface area contributed by atoms with Crippen LogP contribution in [0.4, 0.5) is 23.4 Å². The molecule has 0 aliphatic carbocycles. The number of amides is 1. The number of ketones is 1. The second-order valence-electron chi connectivity index (χ2n) is 7.04. The third kappa shape index (κ3) is 6.53. The van der Waals surface area contributed by atoms with Crippen molar-refractivity contribution < 1.29 is 31.9 Å². The molecule has 1 aromatic heterocycles. The van der Waals surface area contributed by atoms with Gasteiger partial charge < -0.3 is 10.1 Å². The highest BCUT2D eigenvalue weighted by molar-refractivity contribution is 5.98. The molecule has 0 spiro atoms. The number of aryl methyl sites for hydroxylation is 1. The van der Waals surface area contributed by atoms with Gasteiger partial charge in [-0.05, 0) is 43.7 Å². The fraction of sp³-hybridized carbons (Fsp3) is 0.381. The predicted molar refractivity (Wildman–Crippen MR) is 103 cm³/mol. The second-order valence-corrected chi connectivity index (χ2v) is 7.04. The summed E-state index contributed by atoms with van der Waals surface area (Å²) in [5, 5.41) is 2.64. The number of benzene rings is 1. The van der Waals surface area contributed by atoms with Crippen LogP contribution in [0.15, 0.2) is 30.3 Å². The Bertz CT molecular complexity index is 927. The molecular formula is C21H22F4N2O3. The number of anilines is 1. The number of aromatic nitrogens is 1. The first-order valence-corrected chi connectivity index (χ1v) is 9.29. The van der Waals surface area contributed by atoms with Crippen LogP contribution in [0.5, 0.6) is 5.75 Å². The summed E-state index contributed by atoms with van der Waals surface area (Å²) in [6.07, 6.45) is -4.33. The standard InChI is InChI=1S/C21H22F4N2O3/c1-12(2)20(29)27-19-10-14(9-13(3)26-19)17(28)5-4-8-30-18-7-6-15(11-16(18)22)21(23,24)25/h6-7,9-12H,4-5,8H2,1-3H3,(H,26,27,29). The van der Waals surface area contributed by atoms with Crippen molar-refractivity contribution in [1.82, 2.24) is 4.98 Å². The minimum atomic E-state index is -4.64. The van der Waals surface area contributed by atoms with E-state index in [0.717, 1.165) is 12.1 Å². The second kappa shape index (κ2) is 9.69. The summed E-state index contributed by atoms with van der Waals surface area (Å²) in [6.45, 7) is 5.11. The minimum absolute atomic E-state index is 0.0466. The van der Waals surface area contributed by atoms with E-state index >= 15 is 0 Å². The maximum absolute atomic E-state index is 13.7. The summed E-state index contributed by atoms with van der Waals surface area (Å²) in [4.78, 5) is 28.4. The maximum atomic E-state index is 13.7. The Morgan fingerprint density at radius 2 is 1.87 bits per heavy atom. The zero-order valence-electron chi connectivity index (χ0n) is 16.8. The summed E-state index contributed by atoms with van der Waals surface area (Å²) in [7, 11) is 0. The summed E-state index contributed by atoms with van der Waals surface area (Å²) >= 11 is 0. The number of pyridine rings is 1. The number of Topliss-reactive ketones (excluding diaryl/α,β-unsaturated/α-hetero) is 1. The van der Waals surface area contributed by atoms with Crippen molar-refractivity contribution in [3.8, 4) is 5.75 Å². The van der Waals surface area contributed by atoms with E-state index in [4.69, 9.17) is 4.74 Å². The molecule has 0 saturated heterocycles. The van der Waals surface area contributed by atoms with Crippen molar-refractivity contribution in [2.45, 2.75) is 39.8 Å². The smallest absolute Gasteiger partial charge is 0.416 e. The average Bonchev–Trinajstić information content (AvgIpc) is 2.64. The first-order chi connectivity index (χ1) is 14.0. The summed E-state index contributed by atoms with van der Waals surface area (Å²) in [6, 6.07) is 5.08. The molecule has 9 heteroatoms. The van der Waals surface area contributed by atoms with Gasteiger partial charge in [-0.1, -0.05) is 13.8 Å². The Morgan fingerprint density at radius 1 is 1.17 bits per heavy atom. The van der Waals surface area contributed by atoms with Gasteiger partial charge in [-0.15, -0.1) is 0 Å². The third-order valence-electron chi connectivity index (χ3n) is 4.12. The normalized spacial score (nSPS) is 11.5. The molecule has 0 bridgehead atoms. The molecule has 1 N–H and O–H groups in total. The zero-order chi connectivity index (χ0) is 22.5. The van der Waals surface area contributed by atoms with Crippen LogP contribution in [-0.2, 0) is 11.0 Å². The van der Waals surface area contributed by atoms with Gasteiger partial charge in [-0.2, -0.15) is 13.2 Å². The number of rotatable bonds is 8. The first-order valence-electron chi connectivity index (χ1n) is 9.29. The van der Waals surface area contributed by atoms with Crippen LogP contribution in [0.2, 0.25) is 0 Å². The molecule has 0 unspecified atom stereocenters. The molecule has 2 aromatic rings. The molecule has 2 rings (SSSR count). The number of alkyl halides is 3. The van der Waals surface area contributed by atoms with Gasteiger partial charge in [-0.3, -0.25) is 9.59 Å². The molecule has 5 nitrogen and oxygen atoms in total. The number of hydrogen-bond acceptors (Lipinski definition) is 4. The van der Waals surface area contributed by atoms with E-state index in [2.05, 4.69) is 10.3 Å². The molecule has 0 aliphatic rings. The molecule has 0 aliphatic heterocycles. The number of carbonyl (C=O) groups is 2. The molecule has 0 fully saturated rings. The van der Waals surface area contributed by atoms with Crippen LogP contribution in [-0.4, -0.2) is 23.3 Å². The number of hydrogen-bond donors (Lipinski definition) is 1. The van der Waals surface area contributed by atoms with E-state index in [1.807, 2.05) is 0 Å². The molecule has 30 heavy (non-hydrogen) atoms. The van der Waals surface area contributed by atoms with E-state index in [1.165, 1.54) is 6.07 Å². The minimum Gasteiger partial charge on any atom is -0.491 e. The molecule has 1 aromatic carbocycles. The lowest BCUT2D eigenvalue weighted by Crippen LogP contribution is -2.19. The SMILES string of the molecule is Cc1cc(C(=O)CCCOc2ccc(C(F)(F)F)cc2F)cc(NC(=O)C(C)C)n1. The van der Waals surface area contributed by atoms with E-state index in [0.29, 0.717) is 17.3 Å². The van der Waals surface area contributed by atoms with Crippen molar-refractivity contribution in [3.63, 3.8) is 0 Å². The molecule has 0 atom stereocenters. The number of halogens is 4. The van der Waals surface area contributed by atoms with E-state index in [9.17, 15) is 27.2 Å². The quantitative estimate of drug-likeness (QED) is 0.359. The average molecular weight is 426 g/mol. The Morgan fingerprint density at radius 3 is 2.47 bits per heavy atom. The molecule has 1 heterocycles. The lowest BCUT2D eigenvalue weighted by atomic mass is 10.1. The zero-order valence-corrected chi connectivity index (χ0v) is 16.8. The molecule has 0 radical (unpaired) electrons. The monoisotopic (exact) mass is 426 g/mol. The van der Waals surface area contributed by atoms with Gasteiger partial charge in [0.15, 0.2) is 17.3 Å². The Hall–Kier alpha value is -2.97. The third-order valence-corrected chi connectivity index (χ3v) is 4.12. The highest BCUT2D eigenvalue weighted by atomic mass is 19.4. The van der Waals surface area contributed by atoms with Gasteiger partial charge in [0.1, 0.15) is 5.82 Å². The maximum Gasteiger partial charge on any atom is 0.416 e. The Labute approximate surface area is 171 Å². The van der Waals surface area contributed by atoms with E-state index < -0.39 is 17.6 Å². The largest absolute Gasteiger partial charge is 0.491 e. The molecule has 1 amide bonds. The van der Waals surface area contributed by atoms with Crippen molar-refractivity contribution in [1.29, 1.82) is 0 Å². The highest BCUT2D eigenvalue weighted by Crippen LogP contribution is 2.32. The van der Waals surface area contributed by atoms with Gasteiger partial charge in [0.2, 0.25) is 5.91 Å². The summed E-state index contributed by atoms with van der Waals surface area (Å²) in [5.41, 5.74) is -0.179. The van der Waals surface area contributed by atoms with Crippen LogP contribution in [0.3, 0.4) is 0 Å². The van der Waals surface area contributed by atoms with Gasteiger partial charge in [0, 0.05) is 23.6 Å².